The van der Waals surface area contributed by atoms with Crippen LogP contribution in [0.2, 0.25) is 0 Å². The Labute approximate surface area is 169 Å². The third-order valence-electron chi connectivity index (χ3n) is 4.87. The molecule has 0 saturated heterocycles. The maximum atomic E-state index is 13.1. The molecule has 3 heterocycles. The lowest BCUT2D eigenvalue weighted by atomic mass is 10.0. The molecule has 0 fully saturated rings. The maximum Gasteiger partial charge on any atom is 0.257 e. The highest BCUT2D eigenvalue weighted by molar-refractivity contribution is 6.12. The van der Waals surface area contributed by atoms with Crippen LogP contribution in [0.3, 0.4) is 0 Å². The molecule has 3 aromatic heterocycles. The summed E-state index contributed by atoms with van der Waals surface area (Å²) in [7, 11) is 0. The first-order valence-corrected chi connectivity index (χ1v) is 9.62. The van der Waals surface area contributed by atoms with Crippen molar-refractivity contribution in [1.29, 1.82) is 0 Å². The Hall–Kier alpha value is -3.54. The van der Waals surface area contributed by atoms with Gasteiger partial charge in [-0.1, -0.05) is 30.3 Å². The summed E-state index contributed by atoms with van der Waals surface area (Å²) >= 11 is 0. The minimum atomic E-state index is -0.230. The van der Waals surface area contributed by atoms with E-state index in [1.165, 1.54) is 0 Å². The van der Waals surface area contributed by atoms with Crippen LogP contribution in [0.1, 0.15) is 41.4 Å². The van der Waals surface area contributed by atoms with E-state index in [9.17, 15) is 4.79 Å². The van der Waals surface area contributed by atoms with Crippen LogP contribution in [0.5, 0.6) is 0 Å². The van der Waals surface area contributed by atoms with Gasteiger partial charge in [-0.25, -0.2) is 14.6 Å². The van der Waals surface area contributed by atoms with Crippen LogP contribution in [0.4, 0.5) is 5.82 Å². The van der Waals surface area contributed by atoms with Gasteiger partial charge in [-0.3, -0.25) is 4.79 Å². The second-order valence-corrected chi connectivity index (χ2v) is 7.47. The lowest BCUT2D eigenvalue weighted by molar-refractivity contribution is 0.102. The number of hydrogen-bond acceptors (Lipinski definition) is 4. The number of fused-ring (bicyclic) bond motifs is 1. The summed E-state index contributed by atoms with van der Waals surface area (Å²) < 4.78 is 1.85. The summed E-state index contributed by atoms with van der Waals surface area (Å²) in [5, 5.41) is 8.09. The number of benzene rings is 1. The molecule has 0 aliphatic rings. The molecule has 6 nitrogen and oxygen atoms in total. The zero-order chi connectivity index (χ0) is 20.5. The Kier molecular flexibility index (Phi) is 4.84. The van der Waals surface area contributed by atoms with Crippen molar-refractivity contribution in [2.24, 2.45) is 0 Å². The molecular weight excluding hydrogens is 362 g/mol. The van der Waals surface area contributed by atoms with Gasteiger partial charge in [-0.05, 0) is 51.0 Å². The number of aromatic nitrogens is 4. The second-order valence-electron chi connectivity index (χ2n) is 7.47. The van der Waals surface area contributed by atoms with Gasteiger partial charge in [0.2, 0.25) is 0 Å². The number of amides is 1. The zero-order valence-electron chi connectivity index (χ0n) is 17.0. The molecule has 4 aromatic rings. The summed E-state index contributed by atoms with van der Waals surface area (Å²) in [6.45, 7) is 8.09. The second kappa shape index (κ2) is 7.47. The van der Waals surface area contributed by atoms with Crippen LogP contribution in [-0.2, 0) is 0 Å². The molecule has 0 aliphatic heterocycles. The first kappa shape index (κ1) is 18.8. The molecule has 0 aliphatic carbocycles. The molecule has 0 bridgehead atoms. The van der Waals surface area contributed by atoms with Crippen molar-refractivity contribution >= 4 is 22.8 Å². The minimum absolute atomic E-state index is 0.127. The van der Waals surface area contributed by atoms with Crippen molar-refractivity contribution in [3.63, 3.8) is 0 Å². The number of nitrogens with zero attached hydrogens (tertiary/aromatic N) is 4. The van der Waals surface area contributed by atoms with E-state index in [2.05, 4.69) is 15.4 Å². The predicted octanol–water partition coefficient (Wildman–Crippen LogP) is 4.94. The predicted molar refractivity (Wildman–Crippen MR) is 115 cm³/mol. The van der Waals surface area contributed by atoms with Gasteiger partial charge in [-0.2, -0.15) is 5.10 Å². The highest BCUT2D eigenvalue weighted by atomic mass is 16.1. The quantitative estimate of drug-likeness (QED) is 0.540. The van der Waals surface area contributed by atoms with Crippen LogP contribution in [0, 0.1) is 13.8 Å². The molecule has 0 radical (unpaired) electrons. The molecule has 146 valence electrons. The molecule has 1 N–H and O–H groups in total. The van der Waals surface area contributed by atoms with Crippen molar-refractivity contribution in [2.45, 2.75) is 33.7 Å². The molecule has 1 amide bonds. The fraction of sp³-hybridized carbons (Fsp3) is 0.217. The monoisotopic (exact) mass is 385 g/mol. The van der Waals surface area contributed by atoms with E-state index in [0.29, 0.717) is 17.0 Å². The molecule has 4 rings (SSSR count). The zero-order valence-corrected chi connectivity index (χ0v) is 17.0. The number of nitrogens with one attached hydrogen (secondary N) is 1. The Morgan fingerprint density at radius 2 is 1.86 bits per heavy atom. The van der Waals surface area contributed by atoms with E-state index >= 15 is 0 Å². The van der Waals surface area contributed by atoms with E-state index in [-0.39, 0.29) is 11.9 Å². The third kappa shape index (κ3) is 3.61. The highest BCUT2D eigenvalue weighted by Crippen LogP contribution is 2.28. The number of anilines is 1. The van der Waals surface area contributed by atoms with Crippen molar-refractivity contribution in [3.05, 3.63) is 71.5 Å². The van der Waals surface area contributed by atoms with Crippen LogP contribution in [0.15, 0.2) is 54.9 Å². The average Bonchev–Trinajstić information content (AvgIpc) is 3.13. The molecule has 1 aromatic carbocycles. The average molecular weight is 385 g/mol. The number of aryl methyl sites for hydroxylation is 2. The van der Waals surface area contributed by atoms with Gasteiger partial charge in [0.25, 0.3) is 5.91 Å². The topological polar surface area (TPSA) is 72.7 Å². The van der Waals surface area contributed by atoms with Crippen LogP contribution in [-0.4, -0.2) is 25.7 Å². The highest BCUT2D eigenvalue weighted by Gasteiger charge is 2.19. The first-order chi connectivity index (χ1) is 13.9. The standard InChI is InChI=1S/C23H23N5O/c1-14(2)28-22-19(13-25-28)18(23(29)27-21-10-9-15(3)12-24-21)11-20(26-22)17-8-6-5-7-16(17)4/h5-14H,1-4H3,(H,24,27,29). The Morgan fingerprint density at radius 3 is 2.55 bits per heavy atom. The summed E-state index contributed by atoms with van der Waals surface area (Å²) in [6, 6.07) is 13.7. The number of carbonyl (C=O) groups is 1. The minimum Gasteiger partial charge on any atom is -0.307 e. The fourth-order valence-corrected chi connectivity index (χ4v) is 3.31. The number of carbonyl (C=O) groups excluding carboxylic acids is 1. The molecule has 0 spiro atoms. The maximum absolute atomic E-state index is 13.1. The summed E-state index contributed by atoms with van der Waals surface area (Å²) in [5.41, 5.74) is 5.11. The van der Waals surface area contributed by atoms with Crippen LogP contribution in [0.25, 0.3) is 22.3 Å². The third-order valence-corrected chi connectivity index (χ3v) is 4.87. The van der Waals surface area contributed by atoms with E-state index in [1.54, 1.807) is 18.5 Å². The smallest absolute Gasteiger partial charge is 0.257 e. The first-order valence-electron chi connectivity index (χ1n) is 9.62. The van der Waals surface area contributed by atoms with E-state index < -0.39 is 0 Å². The normalized spacial score (nSPS) is 11.2. The van der Waals surface area contributed by atoms with Gasteiger partial charge in [0.05, 0.1) is 22.8 Å². The Bertz CT molecular complexity index is 1190. The summed E-state index contributed by atoms with van der Waals surface area (Å²) in [5.74, 6) is 0.283. The molecule has 0 atom stereocenters. The van der Waals surface area contributed by atoms with Crippen molar-refractivity contribution in [1.82, 2.24) is 19.7 Å². The number of pyridine rings is 2. The van der Waals surface area contributed by atoms with Gasteiger partial charge >= 0.3 is 0 Å². The van der Waals surface area contributed by atoms with Gasteiger partial charge in [0.1, 0.15) is 5.82 Å². The van der Waals surface area contributed by atoms with Gasteiger partial charge in [0, 0.05) is 17.8 Å². The molecule has 29 heavy (non-hydrogen) atoms. The van der Waals surface area contributed by atoms with Gasteiger partial charge in [0.15, 0.2) is 5.65 Å². The Morgan fingerprint density at radius 1 is 1.07 bits per heavy atom. The van der Waals surface area contributed by atoms with Crippen molar-refractivity contribution in [2.75, 3.05) is 5.32 Å². The van der Waals surface area contributed by atoms with Crippen molar-refractivity contribution in [3.8, 4) is 11.3 Å². The van der Waals surface area contributed by atoms with Crippen LogP contribution >= 0.6 is 0 Å². The molecule has 0 saturated carbocycles. The van der Waals surface area contributed by atoms with E-state index in [0.717, 1.165) is 27.8 Å². The lowest BCUT2D eigenvalue weighted by Gasteiger charge is -2.12. The largest absolute Gasteiger partial charge is 0.307 e. The molecular formula is C23H23N5O. The fourth-order valence-electron chi connectivity index (χ4n) is 3.31. The molecule has 0 unspecified atom stereocenters. The van der Waals surface area contributed by atoms with Crippen LogP contribution < -0.4 is 5.32 Å². The van der Waals surface area contributed by atoms with Gasteiger partial charge < -0.3 is 5.32 Å². The van der Waals surface area contributed by atoms with E-state index in [1.807, 2.05) is 68.8 Å². The summed E-state index contributed by atoms with van der Waals surface area (Å²) in [4.78, 5) is 22.3. The molecule has 6 heteroatoms. The van der Waals surface area contributed by atoms with Crippen molar-refractivity contribution < 1.29 is 4.79 Å². The van der Waals surface area contributed by atoms with Gasteiger partial charge in [-0.15, -0.1) is 0 Å². The number of rotatable bonds is 4. The van der Waals surface area contributed by atoms with E-state index in [4.69, 9.17) is 4.98 Å². The SMILES string of the molecule is Cc1ccc(NC(=O)c2cc(-c3ccccc3C)nc3c2cnn3C(C)C)nc1. The number of hydrogen-bond donors (Lipinski definition) is 1. The summed E-state index contributed by atoms with van der Waals surface area (Å²) in [6.07, 6.45) is 3.44. The lowest BCUT2D eigenvalue weighted by Crippen LogP contribution is -2.14. The Balaban J connectivity index is 1.86.